The van der Waals surface area contributed by atoms with E-state index < -0.39 is 12.0 Å². The Bertz CT molecular complexity index is 493. The van der Waals surface area contributed by atoms with E-state index in [9.17, 15) is 9.59 Å². The number of carbonyl (C=O) groups is 2. The lowest BCUT2D eigenvalue weighted by atomic mass is 10.2. The van der Waals surface area contributed by atoms with Gasteiger partial charge in [-0.15, -0.1) is 0 Å². The molecule has 0 heterocycles. The summed E-state index contributed by atoms with van der Waals surface area (Å²) in [6.07, 6.45) is 0.702. The van der Waals surface area contributed by atoms with Crippen LogP contribution in [0.5, 0.6) is 0 Å². The molecular weight excluding hydrogens is 284 g/mol. The zero-order valence-corrected chi connectivity index (χ0v) is 12.0. The summed E-state index contributed by atoms with van der Waals surface area (Å²) >= 11 is 5.74. The average Bonchev–Trinajstić information content (AvgIpc) is 2.40. The quantitative estimate of drug-likeness (QED) is 0.753. The number of ether oxygens (including phenoxy) is 1. The fourth-order valence-electron chi connectivity index (χ4n) is 1.61. The van der Waals surface area contributed by atoms with Crippen LogP contribution in [0.2, 0.25) is 5.02 Å². The van der Waals surface area contributed by atoms with Crippen molar-refractivity contribution in [2.45, 2.75) is 19.4 Å². The molecule has 1 unspecified atom stereocenters. The largest absolute Gasteiger partial charge is 0.478 e. The number of aromatic carboxylic acids is 1. The van der Waals surface area contributed by atoms with E-state index in [2.05, 4.69) is 10.6 Å². The smallest absolute Gasteiger partial charge is 0.337 e. The zero-order chi connectivity index (χ0) is 15.1. The van der Waals surface area contributed by atoms with E-state index in [4.69, 9.17) is 21.4 Å². The van der Waals surface area contributed by atoms with Crippen molar-refractivity contribution in [3.63, 3.8) is 0 Å². The second kappa shape index (κ2) is 7.72. The predicted molar refractivity (Wildman–Crippen MR) is 76.5 cm³/mol. The van der Waals surface area contributed by atoms with E-state index in [-0.39, 0.29) is 17.3 Å². The molecule has 0 aliphatic heterocycles. The predicted octanol–water partition coefficient (Wildman–Crippen LogP) is 2.58. The van der Waals surface area contributed by atoms with E-state index >= 15 is 0 Å². The molecule has 0 aliphatic rings. The van der Waals surface area contributed by atoms with Gasteiger partial charge in [0.05, 0.1) is 23.9 Å². The summed E-state index contributed by atoms with van der Waals surface area (Å²) in [4.78, 5) is 22.9. The van der Waals surface area contributed by atoms with Crippen LogP contribution in [0.1, 0.15) is 23.7 Å². The molecule has 110 valence electrons. The van der Waals surface area contributed by atoms with E-state index in [1.54, 1.807) is 7.11 Å². The molecule has 0 aliphatic carbocycles. The molecule has 2 amide bonds. The molecule has 0 radical (unpaired) electrons. The zero-order valence-electron chi connectivity index (χ0n) is 11.3. The van der Waals surface area contributed by atoms with Crippen molar-refractivity contribution >= 4 is 29.3 Å². The maximum atomic E-state index is 11.8. The first-order chi connectivity index (χ1) is 9.47. The summed E-state index contributed by atoms with van der Waals surface area (Å²) in [6.45, 7) is 2.30. The molecule has 0 aromatic heterocycles. The topological polar surface area (TPSA) is 87.7 Å². The molecule has 0 saturated heterocycles. The third-order valence-electron chi connectivity index (χ3n) is 2.66. The highest BCUT2D eigenvalue weighted by atomic mass is 35.5. The van der Waals surface area contributed by atoms with Crippen LogP contribution in [0, 0.1) is 0 Å². The van der Waals surface area contributed by atoms with E-state index in [1.807, 2.05) is 6.92 Å². The van der Waals surface area contributed by atoms with E-state index in [0.29, 0.717) is 18.1 Å². The van der Waals surface area contributed by atoms with Gasteiger partial charge in [-0.1, -0.05) is 18.5 Å². The minimum absolute atomic E-state index is 0.0626. The van der Waals surface area contributed by atoms with Crippen molar-refractivity contribution in [2.24, 2.45) is 0 Å². The molecule has 7 heteroatoms. The summed E-state index contributed by atoms with van der Waals surface area (Å²) in [5.41, 5.74) is 0.124. The number of anilines is 1. The molecule has 1 aromatic carbocycles. The van der Waals surface area contributed by atoms with Gasteiger partial charge in [-0.25, -0.2) is 9.59 Å². The lowest BCUT2D eigenvalue weighted by molar-refractivity contribution is 0.0698. The van der Waals surface area contributed by atoms with Crippen molar-refractivity contribution in [2.75, 3.05) is 19.0 Å². The van der Waals surface area contributed by atoms with Crippen LogP contribution < -0.4 is 10.6 Å². The molecular formula is C13H17ClN2O4. The third-order valence-corrected chi connectivity index (χ3v) is 2.89. The van der Waals surface area contributed by atoms with Gasteiger partial charge >= 0.3 is 12.0 Å². The number of carboxylic acid groups (broad SMARTS) is 1. The van der Waals surface area contributed by atoms with Crippen LogP contribution in [-0.4, -0.2) is 36.9 Å². The first kappa shape index (κ1) is 16.3. The second-order valence-electron chi connectivity index (χ2n) is 4.15. The molecule has 1 atom stereocenters. The monoisotopic (exact) mass is 300 g/mol. The first-order valence-electron chi connectivity index (χ1n) is 6.07. The first-order valence-corrected chi connectivity index (χ1v) is 6.45. The van der Waals surface area contributed by atoms with Gasteiger partial charge in [0.1, 0.15) is 0 Å². The van der Waals surface area contributed by atoms with Crippen LogP contribution in [-0.2, 0) is 4.74 Å². The van der Waals surface area contributed by atoms with Crippen LogP contribution in [0.3, 0.4) is 0 Å². The summed E-state index contributed by atoms with van der Waals surface area (Å²) in [6, 6.07) is 3.62. The number of halogens is 1. The molecule has 0 fully saturated rings. The lowest BCUT2D eigenvalue weighted by Gasteiger charge is -2.17. The Balaban J connectivity index is 2.77. The van der Waals surface area contributed by atoms with Crippen molar-refractivity contribution in [1.82, 2.24) is 5.32 Å². The van der Waals surface area contributed by atoms with Crippen LogP contribution in [0.25, 0.3) is 0 Å². The third kappa shape index (κ3) is 4.71. The fourth-order valence-corrected chi connectivity index (χ4v) is 1.78. The van der Waals surface area contributed by atoms with Gasteiger partial charge in [0.2, 0.25) is 0 Å². The van der Waals surface area contributed by atoms with Crippen molar-refractivity contribution in [3.8, 4) is 0 Å². The van der Waals surface area contributed by atoms with Crippen molar-refractivity contribution < 1.29 is 19.4 Å². The second-order valence-corrected chi connectivity index (χ2v) is 4.59. The van der Waals surface area contributed by atoms with Gasteiger partial charge in [0.15, 0.2) is 0 Å². The molecule has 1 rings (SSSR count). The number of amides is 2. The minimum Gasteiger partial charge on any atom is -0.478 e. The Labute approximate surface area is 122 Å². The van der Waals surface area contributed by atoms with Crippen LogP contribution >= 0.6 is 11.6 Å². The maximum absolute atomic E-state index is 11.8. The Hall–Kier alpha value is -1.79. The van der Waals surface area contributed by atoms with E-state index in [1.165, 1.54) is 18.2 Å². The summed E-state index contributed by atoms with van der Waals surface area (Å²) in [5.74, 6) is -1.16. The highest BCUT2D eigenvalue weighted by molar-refractivity contribution is 6.31. The Kier molecular flexibility index (Phi) is 6.27. The molecule has 6 nitrogen and oxygen atoms in total. The van der Waals surface area contributed by atoms with E-state index in [0.717, 1.165) is 0 Å². The molecule has 0 saturated carbocycles. The number of benzene rings is 1. The number of carbonyl (C=O) groups excluding carboxylic acids is 1. The maximum Gasteiger partial charge on any atom is 0.337 e. The fraction of sp³-hybridized carbons (Fsp3) is 0.385. The number of carboxylic acids is 1. The number of urea groups is 1. The highest BCUT2D eigenvalue weighted by Gasteiger charge is 2.15. The Morgan fingerprint density at radius 3 is 2.70 bits per heavy atom. The molecule has 0 spiro atoms. The average molecular weight is 301 g/mol. The Morgan fingerprint density at radius 1 is 1.45 bits per heavy atom. The Morgan fingerprint density at radius 2 is 2.15 bits per heavy atom. The van der Waals surface area contributed by atoms with Gasteiger partial charge in [0.25, 0.3) is 0 Å². The van der Waals surface area contributed by atoms with Gasteiger partial charge in [-0.2, -0.15) is 0 Å². The van der Waals surface area contributed by atoms with Gasteiger partial charge in [-0.3, -0.25) is 0 Å². The number of methoxy groups -OCH3 is 1. The standard InChI is InChI=1S/C13H17ClN2O4/c1-3-9(7-20-2)15-13(19)16-11-5-4-8(14)6-10(11)12(17)18/h4-6,9H,3,7H2,1-2H3,(H,17,18)(H2,15,16,19). The number of hydrogen-bond donors (Lipinski definition) is 3. The van der Waals surface area contributed by atoms with Crippen LogP contribution in [0.15, 0.2) is 18.2 Å². The minimum atomic E-state index is -1.16. The highest BCUT2D eigenvalue weighted by Crippen LogP contribution is 2.20. The molecule has 1 aromatic rings. The SMILES string of the molecule is CCC(COC)NC(=O)Nc1ccc(Cl)cc1C(=O)O. The number of hydrogen-bond acceptors (Lipinski definition) is 3. The molecule has 0 bridgehead atoms. The van der Waals surface area contributed by atoms with Gasteiger partial charge < -0.3 is 20.5 Å². The summed E-state index contributed by atoms with van der Waals surface area (Å²) in [5, 5.41) is 14.5. The number of nitrogens with one attached hydrogen (secondary N) is 2. The van der Waals surface area contributed by atoms with Gasteiger partial charge in [0, 0.05) is 12.1 Å². The molecule has 20 heavy (non-hydrogen) atoms. The molecule has 3 N–H and O–H groups in total. The van der Waals surface area contributed by atoms with Crippen molar-refractivity contribution in [1.29, 1.82) is 0 Å². The van der Waals surface area contributed by atoms with Crippen molar-refractivity contribution in [3.05, 3.63) is 28.8 Å². The normalized spacial score (nSPS) is 11.8. The number of rotatable bonds is 6. The lowest BCUT2D eigenvalue weighted by Crippen LogP contribution is -2.40. The van der Waals surface area contributed by atoms with Gasteiger partial charge in [-0.05, 0) is 24.6 Å². The van der Waals surface area contributed by atoms with Crippen LogP contribution in [0.4, 0.5) is 10.5 Å². The summed E-state index contributed by atoms with van der Waals surface area (Å²) < 4.78 is 4.97. The summed E-state index contributed by atoms with van der Waals surface area (Å²) in [7, 11) is 1.55.